The fourth-order valence-electron chi connectivity index (χ4n) is 2.72. The van der Waals surface area contributed by atoms with Crippen LogP contribution in [0.5, 0.6) is 0 Å². The number of aromatic amines is 1. The molecule has 2 N–H and O–H groups in total. The van der Waals surface area contributed by atoms with Crippen molar-refractivity contribution in [3.05, 3.63) is 40.3 Å². The molecular weight excluding hydrogens is 356 g/mol. The van der Waals surface area contributed by atoms with Crippen LogP contribution in [-0.4, -0.2) is 44.9 Å². The largest absolute Gasteiger partial charge is 0.376 e. The lowest BCUT2D eigenvalue weighted by molar-refractivity contribution is -0.114. The molecule has 0 bridgehead atoms. The predicted octanol–water partition coefficient (Wildman–Crippen LogP) is 1.68. The average Bonchev–Trinajstić information content (AvgIpc) is 3.24. The molecule has 0 spiro atoms. The van der Waals surface area contributed by atoms with Crippen LogP contribution in [0.15, 0.2) is 34.2 Å². The van der Waals surface area contributed by atoms with Gasteiger partial charge in [-0.05, 0) is 37.1 Å². The second kappa shape index (κ2) is 8.33. The van der Waals surface area contributed by atoms with Gasteiger partial charge in [-0.3, -0.25) is 14.2 Å². The van der Waals surface area contributed by atoms with Crippen LogP contribution in [0.3, 0.4) is 0 Å². The minimum atomic E-state index is -0.296. The first kappa shape index (κ1) is 18.4. The lowest BCUT2D eigenvalue weighted by atomic mass is 10.1. The lowest BCUT2D eigenvalue weighted by Gasteiger charge is -2.10. The van der Waals surface area contributed by atoms with Gasteiger partial charge in [-0.15, -0.1) is 5.10 Å². The Morgan fingerprint density at radius 3 is 2.81 bits per heavy atom. The summed E-state index contributed by atoms with van der Waals surface area (Å²) >= 11 is 1.21. The van der Waals surface area contributed by atoms with Crippen LogP contribution in [0.4, 0.5) is 5.69 Å². The summed E-state index contributed by atoms with van der Waals surface area (Å²) in [5.41, 5.74) is 0.879. The third-order valence-electron chi connectivity index (χ3n) is 3.99. The number of aromatic nitrogens is 3. The zero-order valence-electron chi connectivity index (χ0n) is 14.4. The van der Waals surface area contributed by atoms with Gasteiger partial charge in [0, 0.05) is 24.8 Å². The molecule has 2 aromatic rings. The summed E-state index contributed by atoms with van der Waals surface area (Å²) in [6.07, 6.45) is 1.93. The molecule has 0 saturated carbocycles. The van der Waals surface area contributed by atoms with Crippen molar-refractivity contribution in [1.29, 1.82) is 0 Å². The van der Waals surface area contributed by atoms with Crippen LogP contribution in [-0.2, 0) is 16.1 Å². The molecule has 1 fully saturated rings. The molecule has 3 rings (SSSR count). The minimum absolute atomic E-state index is 0.0154. The number of hydrogen-bond donors (Lipinski definition) is 2. The van der Waals surface area contributed by atoms with E-state index in [1.165, 1.54) is 23.3 Å². The summed E-state index contributed by atoms with van der Waals surface area (Å²) in [6.45, 7) is 2.58. The first-order valence-corrected chi connectivity index (χ1v) is 9.32. The molecule has 138 valence electrons. The van der Waals surface area contributed by atoms with Crippen molar-refractivity contribution in [1.82, 2.24) is 14.8 Å². The standard InChI is InChI=1S/C17H20N4O4S/c1-11(22)18-13-6-4-12(5-7-13)15(23)10-26-17-20-19-16(24)21(17)9-14-3-2-8-25-14/h4-7,14H,2-3,8-10H2,1H3,(H,18,22)(H,19,24)/t14-/m0/s1. The molecule has 26 heavy (non-hydrogen) atoms. The highest BCUT2D eigenvalue weighted by molar-refractivity contribution is 7.99. The average molecular weight is 376 g/mol. The predicted molar refractivity (Wildman–Crippen MR) is 97.6 cm³/mol. The Morgan fingerprint density at radius 2 is 2.15 bits per heavy atom. The summed E-state index contributed by atoms with van der Waals surface area (Å²) in [4.78, 5) is 35.3. The summed E-state index contributed by atoms with van der Waals surface area (Å²) in [5, 5.41) is 9.57. The van der Waals surface area contributed by atoms with Crippen molar-refractivity contribution in [3.8, 4) is 0 Å². The summed E-state index contributed by atoms with van der Waals surface area (Å²) < 4.78 is 7.08. The number of benzene rings is 1. The molecule has 1 aromatic carbocycles. The van der Waals surface area contributed by atoms with E-state index < -0.39 is 0 Å². The number of rotatable bonds is 7. The van der Waals surface area contributed by atoms with E-state index in [0.29, 0.717) is 29.6 Å². The summed E-state index contributed by atoms with van der Waals surface area (Å²) in [6, 6.07) is 6.69. The zero-order chi connectivity index (χ0) is 18.5. The van der Waals surface area contributed by atoms with Gasteiger partial charge in [0.1, 0.15) is 0 Å². The van der Waals surface area contributed by atoms with E-state index in [0.717, 1.165) is 12.8 Å². The number of nitrogens with one attached hydrogen (secondary N) is 2. The van der Waals surface area contributed by atoms with Crippen molar-refractivity contribution in [2.24, 2.45) is 0 Å². The molecule has 9 heteroatoms. The summed E-state index contributed by atoms with van der Waals surface area (Å²) in [7, 11) is 0. The highest BCUT2D eigenvalue weighted by Crippen LogP contribution is 2.19. The number of nitrogens with zero attached hydrogens (tertiary/aromatic N) is 2. The van der Waals surface area contributed by atoms with Gasteiger partial charge in [-0.25, -0.2) is 9.89 Å². The van der Waals surface area contributed by atoms with Crippen LogP contribution < -0.4 is 11.0 Å². The highest BCUT2D eigenvalue weighted by atomic mass is 32.2. The molecule has 1 saturated heterocycles. The van der Waals surface area contributed by atoms with Crippen molar-refractivity contribution in [3.63, 3.8) is 0 Å². The number of Topliss-reactive ketones (excluding diaryl/α,β-unsaturated/α-hetero) is 1. The number of ether oxygens (including phenoxy) is 1. The van der Waals surface area contributed by atoms with Crippen molar-refractivity contribution in [2.45, 2.75) is 37.6 Å². The molecule has 1 aliphatic rings. The Balaban J connectivity index is 1.61. The summed E-state index contributed by atoms with van der Waals surface area (Å²) in [5.74, 6) is -0.0826. The SMILES string of the molecule is CC(=O)Nc1ccc(C(=O)CSc2n[nH]c(=O)n2C[C@@H]2CCCO2)cc1. The van der Waals surface area contributed by atoms with E-state index in [4.69, 9.17) is 4.74 Å². The van der Waals surface area contributed by atoms with E-state index >= 15 is 0 Å². The molecule has 0 radical (unpaired) electrons. The van der Waals surface area contributed by atoms with Crippen LogP contribution in [0.2, 0.25) is 0 Å². The van der Waals surface area contributed by atoms with Crippen LogP contribution in [0.1, 0.15) is 30.1 Å². The van der Waals surface area contributed by atoms with Gasteiger partial charge < -0.3 is 10.1 Å². The second-order valence-electron chi connectivity index (χ2n) is 6.03. The van der Waals surface area contributed by atoms with Crippen LogP contribution >= 0.6 is 11.8 Å². The Morgan fingerprint density at radius 1 is 1.38 bits per heavy atom. The molecule has 1 atom stereocenters. The van der Waals surface area contributed by atoms with Gasteiger partial charge in [0.25, 0.3) is 0 Å². The fraction of sp³-hybridized carbons (Fsp3) is 0.412. The number of H-pyrrole nitrogens is 1. The number of anilines is 1. The van der Waals surface area contributed by atoms with E-state index in [1.807, 2.05) is 0 Å². The van der Waals surface area contributed by atoms with E-state index in [2.05, 4.69) is 15.5 Å². The molecule has 2 heterocycles. The molecule has 0 unspecified atom stereocenters. The smallest absolute Gasteiger partial charge is 0.344 e. The van der Waals surface area contributed by atoms with Crippen LogP contribution in [0.25, 0.3) is 0 Å². The maximum atomic E-state index is 12.4. The van der Waals surface area contributed by atoms with Gasteiger partial charge in [0.05, 0.1) is 18.4 Å². The van der Waals surface area contributed by atoms with Crippen molar-refractivity contribution >= 4 is 29.1 Å². The normalized spacial score (nSPS) is 16.6. The Labute approximate surface area is 154 Å². The molecule has 1 aliphatic heterocycles. The lowest BCUT2D eigenvalue weighted by Crippen LogP contribution is -2.25. The number of carbonyl (C=O) groups excluding carboxylic acids is 2. The molecular formula is C17H20N4O4S. The monoisotopic (exact) mass is 376 g/mol. The Kier molecular flexibility index (Phi) is 5.89. The first-order chi connectivity index (χ1) is 12.5. The third-order valence-corrected chi connectivity index (χ3v) is 4.97. The minimum Gasteiger partial charge on any atom is -0.376 e. The number of thioether (sulfide) groups is 1. The fourth-order valence-corrected chi connectivity index (χ4v) is 3.57. The van der Waals surface area contributed by atoms with E-state index in [9.17, 15) is 14.4 Å². The van der Waals surface area contributed by atoms with E-state index in [1.54, 1.807) is 24.3 Å². The first-order valence-electron chi connectivity index (χ1n) is 8.33. The second-order valence-corrected chi connectivity index (χ2v) is 6.97. The van der Waals surface area contributed by atoms with E-state index in [-0.39, 0.29) is 29.2 Å². The quantitative estimate of drug-likeness (QED) is 0.563. The highest BCUT2D eigenvalue weighted by Gasteiger charge is 2.20. The maximum absolute atomic E-state index is 12.4. The number of hydrogen-bond acceptors (Lipinski definition) is 6. The maximum Gasteiger partial charge on any atom is 0.344 e. The van der Waals surface area contributed by atoms with Crippen molar-refractivity contribution in [2.75, 3.05) is 17.7 Å². The Bertz CT molecular complexity index is 837. The molecule has 1 amide bonds. The molecule has 0 aliphatic carbocycles. The zero-order valence-corrected chi connectivity index (χ0v) is 15.2. The van der Waals surface area contributed by atoms with Gasteiger partial charge in [-0.2, -0.15) is 0 Å². The third kappa shape index (κ3) is 4.61. The van der Waals surface area contributed by atoms with Crippen LogP contribution in [0, 0.1) is 0 Å². The van der Waals surface area contributed by atoms with Gasteiger partial charge >= 0.3 is 5.69 Å². The van der Waals surface area contributed by atoms with Gasteiger partial charge in [0.2, 0.25) is 5.91 Å². The number of amides is 1. The molecule has 8 nitrogen and oxygen atoms in total. The van der Waals surface area contributed by atoms with Gasteiger partial charge in [-0.1, -0.05) is 11.8 Å². The molecule has 1 aromatic heterocycles. The topological polar surface area (TPSA) is 106 Å². The van der Waals surface area contributed by atoms with Gasteiger partial charge in [0.15, 0.2) is 10.9 Å². The Hall–Kier alpha value is -2.39. The number of carbonyl (C=O) groups is 2. The number of ketones is 1. The van der Waals surface area contributed by atoms with Crippen molar-refractivity contribution < 1.29 is 14.3 Å².